The minimum Gasteiger partial charge on any atom is -0.375 e. The molecule has 7 rings (SSSR count). The van der Waals surface area contributed by atoms with Crippen molar-refractivity contribution in [1.29, 1.82) is 0 Å². The van der Waals surface area contributed by atoms with E-state index in [2.05, 4.69) is 29.1 Å². The molecule has 272 valence electrons. The minimum absolute atomic E-state index is 0.0608. The van der Waals surface area contributed by atoms with E-state index < -0.39 is 12.2 Å². The van der Waals surface area contributed by atoms with Crippen molar-refractivity contribution in [1.82, 2.24) is 30.1 Å². The average molecular weight is 731 g/mol. The fourth-order valence-corrected chi connectivity index (χ4v) is 7.99. The fourth-order valence-electron chi connectivity index (χ4n) is 7.21. The second-order valence-electron chi connectivity index (χ2n) is 13.3. The first kappa shape index (κ1) is 35.6. The maximum Gasteiger partial charge on any atom is 0.332 e. The molecule has 4 N–H and O–H groups in total. The summed E-state index contributed by atoms with van der Waals surface area (Å²) in [4.78, 5) is 63.0. The number of urea groups is 1. The fraction of sp³-hybridized carbons (Fsp3) is 0.275. The normalized spacial score (nSPS) is 17.3. The van der Waals surface area contributed by atoms with Gasteiger partial charge in [0.25, 0.3) is 5.91 Å². The first-order valence-corrected chi connectivity index (χ1v) is 18.6. The Morgan fingerprint density at radius 3 is 2.60 bits per heavy atom. The molecule has 2 aliphatic rings. The van der Waals surface area contributed by atoms with Gasteiger partial charge in [0.1, 0.15) is 12.2 Å². The number of nitrogens with two attached hydrogens (primary N) is 1. The van der Waals surface area contributed by atoms with Crippen LogP contribution in [0.1, 0.15) is 41.3 Å². The molecule has 13 heteroatoms. The predicted molar refractivity (Wildman–Crippen MR) is 208 cm³/mol. The molecule has 0 bridgehead atoms. The molecule has 0 spiro atoms. The molecule has 12 nitrogen and oxygen atoms in total. The van der Waals surface area contributed by atoms with E-state index in [4.69, 9.17) is 5.73 Å². The minimum atomic E-state index is -0.837. The average Bonchev–Trinajstić information content (AvgIpc) is 3.71. The van der Waals surface area contributed by atoms with E-state index in [0.29, 0.717) is 22.9 Å². The lowest BCUT2D eigenvalue weighted by Gasteiger charge is -2.46. The summed E-state index contributed by atoms with van der Waals surface area (Å²) in [6.45, 7) is 6.99. The summed E-state index contributed by atoms with van der Waals surface area (Å²) >= 11 is 1.39. The number of para-hydroxylation sites is 1. The van der Waals surface area contributed by atoms with E-state index in [0.717, 1.165) is 45.0 Å². The van der Waals surface area contributed by atoms with Crippen molar-refractivity contribution in [3.05, 3.63) is 114 Å². The molecule has 2 atom stereocenters. The Morgan fingerprint density at radius 1 is 1.04 bits per heavy atom. The number of fused-ring (bicyclic) bond motifs is 3. The van der Waals surface area contributed by atoms with Crippen LogP contribution in [-0.4, -0.2) is 86.9 Å². The van der Waals surface area contributed by atoms with Crippen molar-refractivity contribution in [2.24, 2.45) is 0 Å². The smallest absolute Gasteiger partial charge is 0.332 e. The van der Waals surface area contributed by atoms with Crippen LogP contribution in [0.15, 0.2) is 97.6 Å². The van der Waals surface area contributed by atoms with Gasteiger partial charge in [-0.2, -0.15) is 5.01 Å². The Hall–Kier alpha value is -5.79. The van der Waals surface area contributed by atoms with Crippen LogP contribution in [0.2, 0.25) is 0 Å². The SMILES string of the molecule is C=CCN(C(=O)NCCCC)N1CC(=O)N2[C@@H](Cc3ccc(NC(=O)c4cccc5ccccc45)cc3)C(=O)N(Cc3cccc4sc(N)nc34)C[C@@H]21. The number of anilines is 2. The van der Waals surface area contributed by atoms with E-state index in [9.17, 15) is 19.2 Å². The van der Waals surface area contributed by atoms with Crippen LogP contribution in [0.5, 0.6) is 0 Å². The molecular weight excluding hydrogens is 689 g/mol. The van der Waals surface area contributed by atoms with E-state index in [1.807, 2.05) is 66.7 Å². The van der Waals surface area contributed by atoms with Crippen LogP contribution in [-0.2, 0) is 22.6 Å². The Morgan fingerprint density at radius 2 is 1.81 bits per heavy atom. The Labute approximate surface area is 311 Å². The van der Waals surface area contributed by atoms with Gasteiger partial charge in [-0.15, -0.1) is 6.58 Å². The van der Waals surface area contributed by atoms with Crippen molar-refractivity contribution in [3.8, 4) is 0 Å². The van der Waals surface area contributed by atoms with Gasteiger partial charge >= 0.3 is 6.03 Å². The number of piperazine rings is 1. The first-order chi connectivity index (χ1) is 25.7. The summed E-state index contributed by atoms with van der Waals surface area (Å²) in [7, 11) is 0. The van der Waals surface area contributed by atoms with Gasteiger partial charge in [0.05, 0.1) is 29.9 Å². The number of nitrogens with one attached hydrogen (secondary N) is 2. The molecule has 5 amide bonds. The number of unbranched alkanes of at least 4 members (excludes halogenated alkanes) is 1. The Bertz CT molecular complexity index is 2180. The summed E-state index contributed by atoms with van der Waals surface area (Å²) < 4.78 is 0.925. The number of benzene rings is 4. The summed E-state index contributed by atoms with van der Waals surface area (Å²) in [5.74, 6) is -0.664. The molecule has 2 fully saturated rings. The van der Waals surface area contributed by atoms with E-state index in [1.54, 1.807) is 39.1 Å². The quantitative estimate of drug-likeness (QED) is 0.112. The highest BCUT2D eigenvalue weighted by Gasteiger charge is 2.52. The van der Waals surface area contributed by atoms with Gasteiger partial charge in [-0.25, -0.2) is 9.78 Å². The van der Waals surface area contributed by atoms with Crippen molar-refractivity contribution in [2.45, 2.75) is 44.9 Å². The van der Waals surface area contributed by atoms with Crippen LogP contribution in [0.3, 0.4) is 0 Å². The molecule has 1 aromatic heterocycles. The molecule has 3 heterocycles. The zero-order valence-corrected chi connectivity index (χ0v) is 30.4. The number of aromatic nitrogens is 1. The van der Waals surface area contributed by atoms with E-state index >= 15 is 0 Å². The lowest BCUT2D eigenvalue weighted by Crippen LogP contribution is -2.66. The van der Waals surface area contributed by atoms with Crippen molar-refractivity contribution >= 4 is 66.9 Å². The maximum atomic E-state index is 14.5. The van der Waals surface area contributed by atoms with Crippen LogP contribution in [0, 0.1) is 0 Å². The molecular formula is C40H42N8O4S. The van der Waals surface area contributed by atoms with Gasteiger partial charge in [-0.1, -0.05) is 91.4 Å². The monoisotopic (exact) mass is 730 g/mol. The summed E-state index contributed by atoms with van der Waals surface area (Å²) in [5.41, 5.74) is 9.63. The van der Waals surface area contributed by atoms with Crippen molar-refractivity contribution in [3.63, 3.8) is 0 Å². The second kappa shape index (κ2) is 15.4. The molecule has 53 heavy (non-hydrogen) atoms. The summed E-state index contributed by atoms with van der Waals surface area (Å²) in [6.07, 6.45) is 3.02. The predicted octanol–water partition coefficient (Wildman–Crippen LogP) is 5.62. The lowest BCUT2D eigenvalue weighted by atomic mass is 9.99. The highest BCUT2D eigenvalue weighted by molar-refractivity contribution is 7.22. The zero-order valence-electron chi connectivity index (χ0n) is 29.5. The third-order valence-corrected chi connectivity index (χ3v) is 10.6. The van der Waals surface area contributed by atoms with Gasteiger partial charge in [0.2, 0.25) is 11.8 Å². The number of thiazole rings is 1. The number of nitrogens with zero attached hydrogens (tertiary/aromatic N) is 5. The van der Waals surface area contributed by atoms with Gasteiger partial charge in [-0.3, -0.25) is 19.4 Å². The molecule has 2 saturated heterocycles. The molecule has 5 aromatic rings. The van der Waals surface area contributed by atoms with Crippen LogP contribution in [0.4, 0.5) is 15.6 Å². The number of hydrogen-bond donors (Lipinski definition) is 3. The number of nitrogen functional groups attached to an aromatic ring is 1. The third kappa shape index (κ3) is 7.30. The molecule has 0 aliphatic carbocycles. The van der Waals surface area contributed by atoms with Gasteiger partial charge < -0.3 is 26.2 Å². The third-order valence-electron chi connectivity index (χ3n) is 9.78. The molecule has 0 unspecified atom stereocenters. The largest absolute Gasteiger partial charge is 0.375 e. The number of amides is 5. The van der Waals surface area contributed by atoms with Gasteiger partial charge in [0, 0.05) is 30.8 Å². The Kier molecular flexibility index (Phi) is 10.4. The maximum absolute atomic E-state index is 14.5. The molecule has 2 aliphatic heterocycles. The molecule has 4 aromatic carbocycles. The van der Waals surface area contributed by atoms with Crippen LogP contribution in [0.25, 0.3) is 21.0 Å². The summed E-state index contributed by atoms with van der Waals surface area (Å²) in [5, 5.41) is 11.5. The standard InChI is InChI=1S/C40H42N8O4S/c1-3-5-20-42-40(52)46(21-4-2)47-25-35(49)48-32(38(51)45(24-34(47)48)23-28-12-9-15-33-36(28)44-39(41)53-33)22-26-16-18-29(19-17-26)43-37(50)31-14-8-11-27-10-6-7-13-30(27)31/h4,6-19,32,34H,2-3,5,20-25H2,1H3,(H2,41,44)(H,42,52)(H,43,50)/t32-,34+/m0/s1. The number of carbonyl (C=O) groups excluding carboxylic acids is 4. The second-order valence-corrected chi connectivity index (χ2v) is 14.3. The number of hydrogen-bond acceptors (Lipinski definition) is 8. The van der Waals surface area contributed by atoms with Gasteiger partial charge in [0.15, 0.2) is 5.13 Å². The van der Waals surface area contributed by atoms with E-state index in [1.165, 1.54) is 16.3 Å². The highest BCUT2D eigenvalue weighted by Crippen LogP contribution is 2.33. The molecule has 0 saturated carbocycles. The Balaban J connectivity index is 1.16. The molecule has 0 radical (unpaired) electrons. The summed E-state index contributed by atoms with van der Waals surface area (Å²) in [6, 6.07) is 25.4. The van der Waals surface area contributed by atoms with Crippen molar-refractivity contribution < 1.29 is 19.2 Å². The van der Waals surface area contributed by atoms with Crippen LogP contribution >= 0.6 is 11.3 Å². The van der Waals surface area contributed by atoms with Gasteiger partial charge in [-0.05, 0) is 52.6 Å². The zero-order chi connectivity index (χ0) is 37.1. The highest BCUT2D eigenvalue weighted by atomic mass is 32.1. The van der Waals surface area contributed by atoms with Crippen molar-refractivity contribution in [2.75, 3.05) is 37.2 Å². The number of carbonyl (C=O) groups is 4. The van der Waals surface area contributed by atoms with E-state index in [-0.39, 0.29) is 56.4 Å². The lowest BCUT2D eigenvalue weighted by molar-refractivity contribution is -0.157. The number of rotatable bonds is 12. The number of hydrazine groups is 1. The van der Waals surface area contributed by atoms with Crippen LogP contribution < -0.4 is 16.4 Å². The topological polar surface area (TPSA) is 144 Å². The first-order valence-electron chi connectivity index (χ1n) is 17.8.